The number of carbonyl (C=O) groups is 4. The van der Waals surface area contributed by atoms with Crippen molar-refractivity contribution in [2.45, 2.75) is 45.1 Å². The Hall–Kier alpha value is -4.08. The number of likely N-dealkylation sites (tertiary alicyclic amines) is 1. The number of amides is 4. The lowest BCUT2D eigenvalue weighted by molar-refractivity contribution is 0.0351. The van der Waals surface area contributed by atoms with E-state index in [2.05, 4.69) is 43.7 Å². The van der Waals surface area contributed by atoms with Crippen LogP contribution in [-0.2, 0) is 22.4 Å². The summed E-state index contributed by atoms with van der Waals surface area (Å²) >= 11 is 0. The van der Waals surface area contributed by atoms with Gasteiger partial charge in [0.15, 0.2) is 0 Å². The highest BCUT2D eigenvalue weighted by Gasteiger charge is 2.42. The van der Waals surface area contributed by atoms with Gasteiger partial charge in [-0.1, -0.05) is 24.3 Å². The minimum absolute atomic E-state index is 0.280. The van der Waals surface area contributed by atoms with Gasteiger partial charge in [-0.3, -0.25) is 43.7 Å². The summed E-state index contributed by atoms with van der Waals surface area (Å²) in [5, 5.41) is 0.930. The van der Waals surface area contributed by atoms with E-state index in [4.69, 9.17) is 9.47 Å². The molecule has 3 aromatic carbocycles. The summed E-state index contributed by atoms with van der Waals surface area (Å²) in [5.74, 6) is -1.39. The zero-order valence-corrected chi connectivity index (χ0v) is 35.4. The fourth-order valence-corrected chi connectivity index (χ4v) is 10.2. The van der Waals surface area contributed by atoms with E-state index in [1.807, 2.05) is 24.3 Å². The van der Waals surface area contributed by atoms with Crippen LogP contribution in [-0.4, -0.2) is 190 Å². The van der Waals surface area contributed by atoms with E-state index in [1.54, 1.807) is 0 Å². The number of imide groups is 2. The second-order valence-corrected chi connectivity index (χ2v) is 17.6. The molecule has 6 aliphatic heterocycles. The molecule has 0 bridgehead atoms. The quantitative estimate of drug-likeness (QED) is 0.209. The van der Waals surface area contributed by atoms with E-state index in [9.17, 15) is 19.2 Å². The van der Waals surface area contributed by atoms with Gasteiger partial charge < -0.3 is 19.3 Å². The maximum Gasteiger partial charge on any atom is 0.262 e. The summed E-state index contributed by atoms with van der Waals surface area (Å²) in [6.45, 7) is 16.1. The van der Waals surface area contributed by atoms with Gasteiger partial charge in [0.05, 0.1) is 37.6 Å². The molecule has 3 aromatic rings. The number of aryl methyl sites for hydroxylation is 1. The number of likely N-dealkylation sites (N-methyl/N-ethyl adjacent to an activating group) is 1. The van der Waals surface area contributed by atoms with Crippen LogP contribution in [0.3, 0.4) is 0 Å². The van der Waals surface area contributed by atoms with Crippen molar-refractivity contribution in [3.05, 3.63) is 69.8 Å². The van der Waals surface area contributed by atoms with Gasteiger partial charge in [-0.2, -0.15) is 0 Å². The smallest absolute Gasteiger partial charge is 0.262 e. The standard InChI is InChI=1S/C47H61N7O6/c1-48-19-21-52(22-20-48)33-34-8-10-35(11-9-34)37-32-39-41-40(46(57)53(45(39)56)17-5-15-50-23-27-59-28-24-50)36(7-4-14-49-12-2-3-13-49)31-38-42(41)43(37)47(58)54(44(38)55)18-6-16-51-25-29-60-30-26-51/h8-11,31-32H,2-7,12-30,33H2,1H3. The van der Waals surface area contributed by atoms with Crippen LogP contribution in [0.2, 0.25) is 0 Å². The second-order valence-electron chi connectivity index (χ2n) is 17.6. The number of nitrogens with zero attached hydrogens (tertiary/aromatic N) is 7. The molecule has 320 valence electrons. The predicted octanol–water partition coefficient (Wildman–Crippen LogP) is 3.92. The molecular formula is C47H61N7O6. The molecule has 0 unspecified atom stereocenters. The molecule has 0 radical (unpaired) electrons. The van der Waals surface area contributed by atoms with Gasteiger partial charge >= 0.3 is 0 Å². The molecule has 6 heterocycles. The van der Waals surface area contributed by atoms with Crippen molar-refractivity contribution in [2.24, 2.45) is 0 Å². The highest BCUT2D eigenvalue weighted by atomic mass is 16.5. The molecule has 0 spiro atoms. The Kier molecular flexibility index (Phi) is 12.7. The predicted molar refractivity (Wildman–Crippen MR) is 231 cm³/mol. The first-order valence-electron chi connectivity index (χ1n) is 22.6. The lowest BCUT2D eigenvalue weighted by Crippen LogP contribution is -2.46. The van der Waals surface area contributed by atoms with Gasteiger partial charge in [-0.25, -0.2) is 0 Å². The van der Waals surface area contributed by atoms with Crippen molar-refractivity contribution >= 4 is 34.4 Å². The molecular weight excluding hydrogens is 759 g/mol. The average Bonchev–Trinajstić information content (AvgIpc) is 3.80. The maximum absolute atomic E-state index is 15.0. The third kappa shape index (κ3) is 8.55. The van der Waals surface area contributed by atoms with Crippen LogP contribution in [0, 0.1) is 0 Å². The summed E-state index contributed by atoms with van der Waals surface area (Å²) in [6, 6.07) is 12.1. The zero-order chi connectivity index (χ0) is 41.2. The van der Waals surface area contributed by atoms with E-state index < -0.39 is 0 Å². The van der Waals surface area contributed by atoms with Crippen molar-refractivity contribution < 1.29 is 28.7 Å². The molecule has 4 amide bonds. The minimum atomic E-state index is -0.363. The molecule has 9 rings (SSSR count). The molecule has 6 aliphatic rings. The van der Waals surface area contributed by atoms with Crippen molar-refractivity contribution in [2.75, 3.05) is 132 Å². The van der Waals surface area contributed by atoms with Crippen molar-refractivity contribution in [3.8, 4) is 11.1 Å². The number of ether oxygens (including phenoxy) is 2. The molecule has 4 saturated heterocycles. The lowest BCUT2D eigenvalue weighted by atomic mass is 9.79. The Bertz CT molecular complexity index is 2080. The number of benzene rings is 3. The maximum atomic E-state index is 15.0. The van der Waals surface area contributed by atoms with E-state index in [-0.39, 0.29) is 36.7 Å². The highest BCUT2D eigenvalue weighted by molar-refractivity contribution is 6.35. The molecule has 0 N–H and O–H groups in total. The fraction of sp³-hybridized carbons (Fsp3) is 0.574. The van der Waals surface area contributed by atoms with Gasteiger partial charge in [-0.05, 0) is 99.6 Å². The van der Waals surface area contributed by atoms with Crippen LogP contribution in [0.5, 0.6) is 0 Å². The van der Waals surface area contributed by atoms with Crippen molar-refractivity contribution in [1.82, 2.24) is 34.3 Å². The SMILES string of the molecule is CN1CCN(Cc2ccc(-c3cc4c5c(c(CCCN6CCCC6)cc6c5c3C(=O)N(CCCN3CCOCC3)C6=O)C(=O)N(CCCN3CCOCC3)C4=O)cc2)CC1. The Labute approximate surface area is 354 Å². The lowest BCUT2D eigenvalue weighted by Gasteiger charge is -2.35. The molecule has 13 nitrogen and oxygen atoms in total. The zero-order valence-electron chi connectivity index (χ0n) is 35.4. The van der Waals surface area contributed by atoms with E-state index in [0.29, 0.717) is 84.3 Å². The minimum Gasteiger partial charge on any atom is -0.379 e. The first-order valence-corrected chi connectivity index (χ1v) is 22.6. The summed E-state index contributed by atoms with van der Waals surface area (Å²) in [7, 11) is 2.16. The second kappa shape index (κ2) is 18.5. The highest BCUT2D eigenvalue weighted by Crippen LogP contribution is 2.44. The van der Waals surface area contributed by atoms with Gasteiger partial charge in [0.2, 0.25) is 0 Å². The summed E-state index contributed by atoms with van der Waals surface area (Å²) in [5.41, 5.74) is 5.12. The van der Waals surface area contributed by atoms with E-state index in [0.717, 1.165) is 109 Å². The molecule has 13 heteroatoms. The largest absolute Gasteiger partial charge is 0.379 e. The van der Waals surface area contributed by atoms with Gasteiger partial charge in [-0.15, -0.1) is 0 Å². The Balaban J connectivity index is 1.11. The van der Waals surface area contributed by atoms with Crippen LogP contribution >= 0.6 is 0 Å². The Morgan fingerprint density at radius 1 is 0.500 bits per heavy atom. The number of carbonyl (C=O) groups excluding carboxylic acids is 4. The molecule has 0 aromatic heterocycles. The monoisotopic (exact) mass is 819 g/mol. The van der Waals surface area contributed by atoms with Crippen LogP contribution in [0.1, 0.15) is 84.7 Å². The van der Waals surface area contributed by atoms with Crippen LogP contribution in [0.4, 0.5) is 0 Å². The number of piperazine rings is 1. The topological polar surface area (TPSA) is 109 Å². The molecule has 4 fully saturated rings. The Morgan fingerprint density at radius 2 is 1.02 bits per heavy atom. The van der Waals surface area contributed by atoms with Gasteiger partial charge in [0.1, 0.15) is 0 Å². The number of rotatable bonds is 15. The van der Waals surface area contributed by atoms with Crippen LogP contribution in [0.15, 0.2) is 36.4 Å². The van der Waals surface area contributed by atoms with E-state index >= 15 is 0 Å². The van der Waals surface area contributed by atoms with E-state index in [1.165, 1.54) is 28.2 Å². The molecule has 0 saturated carbocycles. The average molecular weight is 820 g/mol. The van der Waals surface area contributed by atoms with Crippen LogP contribution < -0.4 is 0 Å². The number of hydrogen-bond donors (Lipinski definition) is 0. The third-order valence-electron chi connectivity index (χ3n) is 13.7. The van der Waals surface area contributed by atoms with Crippen LogP contribution in [0.25, 0.3) is 21.9 Å². The first-order chi connectivity index (χ1) is 29.3. The number of morpholine rings is 2. The summed E-state index contributed by atoms with van der Waals surface area (Å²) in [6.07, 6.45) is 5.11. The third-order valence-corrected chi connectivity index (χ3v) is 13.7. The summed E-state index contributed by atoms with van der Waals surface area (Å²) in [4.78, 5) is 74.1. The van der Waals surface area contributed by atoms with Gasteiger partial charge in [0.25, 0.3) is 23.6 Å². The molecule has 0 aliphatic carbocycles. The first kappa shape index (κ1) is 41.3. The fourth-order valence-electron chi connectivity index (χ4n) is 10.2. The normalized spacial score (nSPS) is 21.3. The molecule has 0 atom stereocenters. The number of hydrogen-bond acceptors (Lipinski definition) is 11. The van der Waals surface area contributed by atoms with Crippen molar-refractivity contribution in [1.29, 1.82) is 0 Å². The molecule has 60 heavy (non-hydrogen) atoms. The summed E-state index contributed by atoms with van der Waals surface area (Å²) < 4.78 is 11.1. The van der Waals surface area contributed by atoms with Gasteiger partial charge in [0, 0.05) is 107 Å². The Morgan fingerprint density at radius 3 is 1.62 bits per heavy atom. The van der Waals surface area contributed by atoms with Crippen molar-refractivity contribution in [3.63, 3.8) is 0 Å².